The summed E-state index contributed by atoms with van der Waals surface area (Å²) in [6.07, 6.45) is 2.59. The molecule has 0 aliphatic rings. The zero-order valence-electron chi connectivity index (χ0n) is 15.2. The fraction of sp³-hybridized carbons (Fsp3) is 0.263. The molecule has 0 saturated heterocycles. The Labute approximate surface area is 167 Å². The number of nitrogens with zero attached hydrogens (tertiary/aromatic N) is 3. The van der Waals surface area contributed by atoms with Gasteiger partial charge in [0.25, 0.3) is 0 Å². The van der Waals surface area contributed by atoms with Gasteiger partial charge in [-0.05, 0) is 32.9 Å². The molecule has 0 aliphatic heterocycles. The Hall–Kier alpha value is -2.51. The van der Waals surface area contributed by atoms with Crippen LogP contribution in [0, 0.1) is 0 Å². The van der Waals surface area contributed by atoms with Crippen LogP contribution in [0.25, 0.3) is 21.8 Å². The summed E-state index contributed by atoms with van der Waals surface area (Å²) in [5.74, 6) is 0.369. The van der Waals surface area contributed by atoms with Crippen LogP contribution < -0.4 is 10.6 Å². The second-order valence-corrected chi connectivity index (χ2v) is 7.78. The van der Waals surface area contributed by atoms with E-state index in [-0.39, 0.29) is 0 Å². The molecule has 3 rings (SSSR count). The number of aromatic nitrogens is 3. The monoisotopic (exact) mass is 401 g/mol. The number of halogens is 1. The largest absolute Gasteiger partial charge is 0.359 e. The standard InChI is InChI=1S/C19H20ClN5OS/c1-11(2)22-19-21-9-17(27-19)16-8-15(13-6-4-5-7-14(13)20)24-18(25-16)23-12(3)10-26/h4-12H,1-3H3,(H,21,22)(H,23,24,25)/t12-/m1/s1. The highest BCUT2D eigenvalue weighted by Crippen LogP contribution is 2.33. The van der Waals surface area contributed by atoms with Crippen molar-refractivity contribution >= 4 is 40.3 Å². The van der Waals surface area contributed by atoms with E-state index in [1.54, 1.807) is 13.1 Å². The molecule has 0 fully saturated rings. The number of rotatable bonds is 7. The molecule has 8 heteroatoms. The third-order valence-electron chi connectivity index (χ3n) is 3.61. The molecule has 140 valence electrons. The molecule has 2 N–H and O–H groups in total. The van der Waals surface area contributed by atoms with E-state index in [4.69, 9.17) is 11.6 Å². The molecule has 1 aromatic carbocycles. The van der Waals surface area contributed by atoms with E-state index in [0.717, 1.165) is 27.6 Å². The Morgan fingerprint density at radius 3 is 2.56 bits per heavy atom. The molecule has 0 bridgehead atoms. The number of carbonyl (C=O) groups excluding carboxylic acids is 1. The molecular weight excluding hydrogens is 382 g/mol. The Kier molecular flexibility index (Phi) is 6.03. The van der Waals surface area contributed by atoms with Crippen molar-refractivity contribution in [2.45, 2.75) is 32.9 Å². The lowest BCUT2D eigenvalue weighted by atomic mass is 10.1. The van der Waals surface area contributed by atoms with Gasteiger partial charge in [0.1, 0.15) is 6.29 Å². The van der Waals surface area contributed by atoms with Crippen LogP contribution in [-0.4, -0.2) is 33.3 Å². The predicted molar refractivity (Wildman–Crippen MR) is 111 cm³/mol. The fourth-order valence-electron chi connectivity index (χ4n) is 2.39. The van der Waals surface area contributed by atoms with Crippen LogP contribution in [-0.2, 0) is 4.79 Å². The van der Waals surface area contributed by atoms with Crippen molar-refractivity contribution in [1.82, 2.24) is 15.0 Å². The molecule has 0 amide bonds. The van der Waals surface area contributed by atoms with Gasteiger partial charge in [-0.15, -0.1) is 0 Å². The average Bonchev–Trinajstić information content (AvgIpc) is 3.09. The molecule has 0 unspecified atom stereocenters. The van der Waals surface area contributed by atoms with Crippen molar-refractivity contribution in [2.24, 2.45) is 0 Å². The lowest BCUT2D eigenvalue weighted by molar-refractivity contribution is -0.108. The van der Waals surface area contributed by atoms with Crippen LogP contribution >= 0.6 is 22.9 Å². The third-order valence-corrected chi connectivity index (χ3v) is 4.89. The molecular formula is C19H20ClN5OS. The smallest absolute Gasteiger partial charge is 0.224 e. The number of benzene rings is 1. The van der Waals surface area contributed by atoms with Gasteiger partial charge < -0.3 is 15.4 Å². The average molecular weight is 402 g/mol. The number of anilines is 2. The number of hydrogen-bond acceptors (Lipinski definition) is 7. The first-order valence-electron chi connectivity index (χ1n) is 8.55. The highest BCUT2D eigenvalue weighted by atomic mass is 35.5. The van der Waals surface area contributed by atoms with Gasteiger partial charge in [-0.3, -0.25) is 0 Å². The number of carbonyl (C=O) groups is 1. The molecule has 2 heterocycles. The lowest BCUT2D eigenvalue weighted by Crippen LogP contribution is -2.18. The molecule has 27 heavy (non-hydrogen) atoms. The van der Waals surface area contributed by atoms with Crippen LogP contribution in [0.1, 0.15) is 20.8 Å². The van der Waals surface area contributed by atoms with Crippen LogP contribution in [0.2, 0.25) is 5.02 Å². The Morgan fingerprint density at radius 1 is 1.11 bits per heavy atom. The molecule has 1 atom stereocenters. The summed E-state index contributed by atoms with van der Waals surface area (Å²) in [5, 5.41) is 7.72. The normalized spacial score (nSPS) is 12.0. The first kappa shape index (κ1) is 19.3. The number of hydrogen-bond donors (Lipinski definition) is 2. The van der Waals surface area contributed by atoms with E-state index < -0.39 is 6.04 Å². The highest BCUT2D eigenvalue weighted by Gasteiger charge is 2.14. The molecule has 2 aromatic heterocycles. The third kappa shape index (κ3) is 4.81. The maximum atomic E-state index is 11.0. The van der Waals surface area contributed by atoms with Crippen molar-refractivity contribution in [3.8, 4) is 21.8 Å². The zero-order valence-corrected chi connectivity index (χ0v) is 16.8. The van der Waals surface area contributed by atoms with Gasteiger partial charge in [-0.2, -0.15) is 0 Å². The van der Waals surface area contributed by atoms with Gasteiger partial charge in [0.2, 0.25) is 5.95 Å². The van der Waals surface area contributed by atoms with Gasteiger partial charge in [-0.25, -0.2) is 15.0 Å². The molecule has 6 nitrogen and oxygen atoms in total. The van der Waals surface area contributed by atoms with Crippen molar-refractivity contribution < 1.29 is 4.79 Å². The SMILES string of the molecule is CC(C)Nc1ncc(-c2cc(-c3ccccc3Cl)nc(N[C@H](C)C=O)n2)s1. The molecule has 0 aliphatic carbocycles. The number of aldehydes is 1. The van der Waals surface area contributed by atoms with Gasteiger partial charge >= 0.3 is 0 Å². The summed E-state index contributed by atoms with van der Waals surface area (Å²) in [6, 6.07) is 9.26. The zero-order chi connectivity index (χ0) is 19.4. The van der Waals surface area contributed by atoms with Gasteiger partial charge in [-0.1, -0.05) is 41.1 Å². The highest BCUT2D eigenvalue weighted by molar-refractivity contribution is 7.18. The molecule has 0 spiro atoms. The Bertz CT molecular complexity index is 943. The number of nitrogens with one attached hydrogen (secondary N) is 2. The van der Waals surface area contributed by atoms with Gasteiger partial charge in [0.05, 0.1) is 22.3 Å². The summed E-state index contributed by atoms with van der Waals surface area (Å²) in [7, 11) is 0. The minimum absolute atomic E-state index is 0.291. The first-order chi connectivity index (χ1) is 13.0. The van der Waals surface area contributed by atoms with Crippen molar-refractivity contribution in [1.29, 1.82) is 0 Å². The van der Waals surface area contributed by atoms with Crippen LogP contribution in [0.4, 0.5) is 11.1 Å². The summed E-state index contributed by atoms with van der Waals surface area (Å²) in [5.41, 5.74) is 2.20. The second-order valence-electron chi connectivity index (χ2n) is 6.34. The van der Waals surface area contributed by atoms with Crippen molar-refractivity contribution in [2.75, 3.05) is 10.6 Å². The van der Waals surface area contributed by atoms with Gasteiger partial charge in [0.15, 0.2) is 5.13 Å². The molecule has 0 saturated carbocycles. The quantitative estimate of drug-likeness (QED) is 0.556. The van der Waals surface area contributed by atoms with E-state index in [1.807, 2.05) is 30.3 Å². The van der Waals surface area contributed by atoms with E-state index in [2.05, 4.69) is 39.4 Å². The summed E-state index contributed by atoms with van der Waals surface area (Å²) < 4.78 is 0. The van der Waals surface area contributed by atoms with Gasteiger partial charge in [0, 0.05) is 22.8 Å². The fourth-order valence-corrected chi connectivity index (χ4v) is 3.54. The van der Waals surface area contributed by atoms with E-state index in [0.29, 0.717) is 22.7 Å². The Morgan fingerprint density at radius 2 is 1.85 bits per heavy atom. The van der Waals surface area contributed by atoms with Crippen molar-refractivity contribution in [3.05, 3.63) is 41.6 Å². The summed E-state index contributed by atoms with van der Waals surface area (Å²) >= 11 is 7.86. The number of thiazole rings is 1. The molecule has 3 aromatic rings. The van der Waals surface area contributed by atoms with E-state index in [1.165, 1.54) is 11.3 Å². The first-order valence-corrected chi connectivity index (χ1v) is 9.74. The van der Waals surface area contributed by atoms with E-state index in [9.17, 15) is 4.79 Å². The predicted octanol–water partition coefficient (Wildman–Crippen LogP) is 4.74. The van der Waals surface area contributed by atoms with E-state index >= 15 is 0 Å². The maximum absolute atomic E-state index is 11.0. The second kappa shape index (κ2) is 8.45. The summed E-state index contributed by atoms with van der Waals surface area (Å²) in [6.45, 7) is 5.86. The van der Waals surface area contributed by atoms with Crippen molar-refractivity contribution in [3.63, 3.8) is 0 Å². The Balaban J connectivity index is 2.06. The minimum atomic E-state index is -0.404. The lowest BCUT2D eigenvalue weighted by Gasteiger charge is -2.11. The minimum Gasteiger partial charge on any atom is -0.359 e. The van der Waals surface area contributed by atoms with Crippen LogP contribution in [0.15, 0.2) is 36.5 Å². The van der Waals surface area contributed by atoms with Crippen LogP contribution in [0.3, 0.4) is 0 Å². The molecule has 0 radical (unpaired) electrons. The van der Waals surface area contributed by atoms with Crippen LogP contribution in [0.5, 0.6) is 0 Å². The summed E-state index contributed by atoms with van der Waals surface area (Å²) in [4.78, 5) is 25.4. The maximum Gasteiger partial charge on any atom is 0.224 e. The topological polar surface area (TPSA) is 79.8 Å².